The molecule has 1 fully saturated rings. The molecule has 25 heavy (non-hydrogen) atoms. The lowest BCUT2D eigenvalue weighted by atomic mass is 10.1. The molecule has 0 amide bonds. The second-order valence-corrected chi connectivity index (χ2v) is 7.50. The van der Waals surface area contributed by atoms with Gasteiger partial charge in [0.05, 0.1) is 11.7 Å². The third kappa shape index (κ3) is 2.78. The molecule has 0 aliphatic carbocycles. The van der Waals surface area contributed by atoms with Crippen LogP contribution >= 0.6 is 11.6 Å². The van der Waals surface area contributed by atoms with Crippen LogP contribution in [0.5, 0.6) is 0 Å². The molecule has 4 rings (SSSR count). The first kappa shape index (κ1) is 16.4. The Bertz CT molecular complexity index is 896. The minimum absolute atomic E-state index is 0.210. The van der Waals surface area contributed by atoms with Gasteiger partial charge < -0.3 is 4.90 Å². The van der Waals surface area contributed by atoms with Crippen LogP contribution in [0, 0.1) is 12.8 Å². The Kier molecular flexibility index (Phi) is 4.15. The van der Waals surface area contributed by atoms with Crippen molar-refractivity contribution in [2.75, 3.05) is 11.4 Å². The smallest absolute Gasteiger partial charge is 0.157 e. The highest BCUT2D eigenvalue weighted by molar-refractivity contribution is 6.30. The zero-order valence-corrected chi connectivity index (χ0v) is 15.6. The number of nitrogens with zero attached hydrogens (tertiary/aromatic N) is 6. The Balaban J connectivity index is 1.76. The molecule has 132 valence electrons. The van der Waals surface area contributed by atoms with Crippen LogP contribution < -0.4 is 4.90 Å². The number of aryl methyl sites for hydroxylation is 1. The van der Waals surface area contributed by atoms with E-state index in [1.807, 2.05) is 21.5 Å². The highest BCUT2D eigenvalue weighted by Crippen LogP contribution is 2.41. The van der Waals surface area contributed by atoms with Crippen LogP contribution in [0.1, 0.15) is 44.0 Å². The topological polar surface area (TPSA) is 51.2 Å². The molecule has 4 heterocycles. The molecule has 1 saturated heterocycles. The average molecular weight is 359 g/mol. The third-order valence-corrected chi connectivity index (χ3v) is 5.22. The van der Waals surface area contributed by atoms with E-state index in [2.05, 4.69) is 41.8 Å². The van der Waals surface area contributed by atoms with Crippen molar-refractivity contribution in [2.24, 2.45) is 5.92 Å². The largest absolute Gasteiger partial charge is 0.348 e. The van der Waals surface area contributed by atoms with Crippen LogP contribution in [0.15, 0.2) is 24.7 Å². The summed E-state index contributed by atoms with van der Waals surface area (Å²) in [5, 5.41) is 9.74. The molecule has 3 aromatic rings. The minimum Gasteiger partial charge on any atom is -0.348 e. The van der Waals surface area contributed by atoms with Gasteiger partial charge in [0.15, 0.2) is 5.82 Å². The van der Waals surface area contributed by atoms with Gasteiger partial charge in [0, 0.05) is 24.8 Å². The molecule has 1 aliphatic heterocycles. The monoisotopic (exact) mass is 358 g/mol. The maximum Gasteiger partial charge on any atom is 0.157 e. The van der Waals surface area contributed by atoms with E-state index in [-0.39, 0.29) is 6.04 Å². The Morgan fingerprint density at radius 1 is 1.36 bits per heavy atom. The standard InChI is InChI=1S/C18H23ClN6/c1-12(2)10-25-17(19)16(13(3)22-25)14-6-4-8-23(14)18-15-7-5-9-24(15)21-11-20-18/h5,7,9,11-12,14H,4,6,8,10H2,1-3H3. The van der Waals surface area contributed by atoms with Crippen molar-refractivity contribution in [3.8, 4) is 0 Å². The summed E-state index contributed by atoms with van der Waals surface area (Å²) in [6.07, 6.45) is 5.75. The zero-order chi connectivity index (χ0) is 17.6. The van der Waals surface area contributed by atoms with Gasteiger partial charge in [-0.15, -0.1) is 0 Å². The summed E-state index contributed by atoms with van der Waals surface area (Å²) >= 11 is 6.74. The molecule has 1 unspecified atom stereocenters. The molecule has 0 N–H and O–H groups in total. The summed E-state index contributed by atoms with van der Waals surface area (Å²) < 4.78 is 3.81. The van der Waals surface area contributed by atoms with Crippen molar-refractivity contribution < 1.29 is 0 Å². The first-order valence-corrected chi connectivity index (χ1v) is 9.22. The second kappa shape index (κ2) is 6.33. The third-order valence-electron chi connectivity index (χ3n) is 4.82. The van der Waals surface area contributed by atoms with Crippen LogP contribution in [0.25, 0.3) is 5.52 Å². The molecule has 0 saturated carbocycles. The molecule has 0 radical (unpaired) electrons. The summed E-state index contributed by atoms with van der Waals surface area (Å²) in [7, 11) is 0. The molecular weight excluding hydrogens is 336 g/mol. The zero-order valence-electron chi connectivity index (χ0n) is 14.9. The minimum atomic E-state index is 0.210. The van der Waals surface area contributed by atoms with Crippen LogP contribution in [0.4, 0.5) is 5.82 Å². The molecule has 1 atom stereocenters. The van der Waals surface area contributed by atoms with Crippen molar-refractivity contribution in [1.82, 2.24) is 24.4 Å². The lowest BCUT2D eigenvalue weighted by Gasteiger charge is -2.26. The number of halogens is 1. The van der Waals surface area contributed by atoms with Gasteiger partial charge in [-0.05, 0) is 37.8 Å². The summed E-state index contributed by atoms with van der Waals surface area (Å²) in [6, 6.07) is 4.26. The molecule has 0 aromatic carbocycles. The van der Waals surface area contributed by atoms with E-state index in [4.69, 9.17) is 16.7 Å². The predicted octanol–water partition coefficient (Wildman–Crippen LogP) is 3.89. The maximum absolute atomic E-state index is 6.74. The normalized spacial score (nSPS) is 18.0. The second-order valence-electron chi connectivity index (χ2n) is 7.14. The first-order chi connectivity index (χ1) is 12.1. The van der Waals surface area contributed by atoms with E-state index in [0.29, 0.717) is 5.92 Å². The number of rotatable bonds is 4. The Hall–Kier alpha value is -2.08. The fourth-order valence-electron chi connectivity index (χ4n) is 3.81. The van der Waals surface area contributed by atoms with Gasteiger partial charge in [0.1, 0.15) is 17.0 Å². The van der Waals surface area contributed by atoms with Crippen molar-refractivity contribution in [3.63, 3.8) is 0 Å². The van der Waals surface area contributed by atoms with E-state index in [0.717, 1.165) is 53.7 Å². The van der Waals surface area contributed by atoms with Gasteiger partial charge in [-0.3, -0.25) is 4.68 Å². The average Bonchev–Trinajstić information content (AvgIpc) is 3.26. The van der Waals surface area contributed by atoms with Gasteiger partial charge in [0.2, 0.25) is 0 Å². The first-order valence-electron chi connectivity index (χ1n) is 8.84. The van der Waals surface area contributed by atoms with Gasteiger partial charge in [-0.25, -0.2) is 9.50 Å². The lowest BCUT2D eigenvalue weighted by molar-refractivity contribution is 0.481. The predicted molar refractivity (Wildman–Crippen MR) is 99.1 cm³/mol. The number of aromatic nitrogens is 5. The van der Waals surface area contributed by atoms with Crippen LogP contribution in [0.2, 0.25) is 5.15 Å². The van der Waals surface area contributed by atoms with Crippen molar-refractivity contribution >= 4 is 22.9 Å². The summed E-state index contributed by atoms with van der Waals surface area (Å²) in [6.45, 7) is 8.22. The van der Waals surface area contributed by atoms with Gasteiger partial charge >= 0.3 is 0 Å². The van der Waals surface area contributed by atoms with Gasteiger partial charge in [-0.1, -0.05) is 25.4 Å². The molecule has 3 aromatic heterocycles. The number of hydrogen-bond acceptors (Lipinski definition) is 4. The Morgan fingerprint density at radius 2 is 2.20 bits per heavy atom. The highest BCUT2D eigenvalue weighted by atomic mass is 35.5. The fourth-order valence-corrected chi connectivity index (χ4v) is 4.18. The number of anilines is 1. The van der Waals surface area contributed by atoms with Crippen molar-refractivity contribution in [3.05, 3.63) is 41.1 Å². The molecule has 0 spiro atoms. The van der Waals surface area contributed by atoms with Crippen LogP contribution in [0.3, 0.4) is 0 Å². The lowest BCUT2D eigenvalue weighted by Crippen LogP contribution is -2.25. The van der Waals surface area contributed by atoms with Crippen LogP contribution in [-0.4, -0.2) is 30.9 Å². The molecular formula is C18H23ClN6. The molecule has 6 nitrogen and oxygen atoms in total. The summed E-state index contributed by atoms with van der Waals surface area (Å²) in [4.78, 5) is 6.93. The quantitative estimate of drug-likeness (QED) is 0.710. The molecule has 7 heteroatoms. The SMILES string of the molecule is Cc1nn(CC(C)C)c(Cl)c1C1CCCN1c1ncnn2cccc12. The number of hydrogen-bond donors (Lipinski definition) is 0. The van der Waals surface area contributed by atoms with E-state index in [1.165, 1.54) is 0 Å². The van der Waals surface area contributed by atoms with Crippen molar-refractivity contribution in [1.29, 1.82) is 0 Å². The van der Waals surface area contributed by atoms with Crippen LogP contribution in [-0.2, 0) is 6.54 Å². The Morgan fingerprint density at radius 3 is 3.00 bits per heavy atom. The highest BCUT2D eigenvalue weighted by Gasteiger charge is 2.33. The maximum atomic E-state index is 6.74. The Labute approximate surface area is 152 Å². The molecule has 1 aliphatic rings. The summed E-state index contributed by atoms with van der Waals surface area (Å²) in [5.41, 5.74) is 3.18. The van der Waals surface area contributed by atoms with E-state index in [9.17, 15) is 0 Å². The van der Waals surface area contributed by atoms with Gasteiger partial charge in [0.25, 0.3) is 0 Å². The van der Waals surface area contributed by atoms with E-state index >= 15 is 0 Å². The summed E-state index contributed by atoms with van der Waals surface area (Å²) in [5.74, 6) is 1.47. The number of fused-ring (bicyclic) bond motifs is 1. The molecule has 0 bridgehead atoms. The van der Waals surface area contributed by atoms with Crippen molar-refractivity contribution in [2.45, 2.75) is 46.2 Å². The van der Waals surface area contributed by atoms with E-state index in [1.54, 1.807) is 6.33 Å². The van der Waals surface area contributed by atoms with E-state index < -0.39 is 0 Å². The van der Waals surface area contributed by atoms with Gasteiger partial charge in [-0.2, -0.15) is 10.2 Å². The fraction of sp³-hybridized carbons (Fsp3) is 0.500.